The molecule has 0 aliphatic carbocycles. The van der Waals surface area contributed by atoms with Crippen molar-refractivity contribution in [2.24, 2.45) is 0 Å². The molecule has 2 aromatic heterocycles. The van der Waals surface area contributed by atoms with Gasteiger partial charge < -0.3 is 10.2 Å². The molecular weight excluding hydrogens is 238 g/mol. The number of fused-ring (bicyclic) bond motifs is 2. The van der Waals surface area contributed by atoms with E-state index in [0.29, 0.717) is 12.1 Å². The van der Waals surface area contributed by atoms with E-state index in [1.807, 2.05) is 29.3 Å². The fraction of sp³-hybridized carbons (Fsp3) is 0.429. The zero-order valence-corrected chi connectivity index (χ0v) is 10.7. The standard InChI is InChI=1S/C14H17N5/c1-3-17-18(5-1)9-11-2-4-15-14(6-11)19-10-12-7-13(19)8-16-12/h1-6,12-13,16H,7-10H2. The summed E-state index contributed by atoms with van der Waals surface area (Å²) >= 11 is 0. The van der Waals surface area contributed by atoms with Crippen molar-refractivity contribution in [3.05, 3.63) is 42.4 Å². The van der Waals surface area contributed by atoms with Crippen LogP contribution in [0.2, 0.25) is 0 Å². The van der Waals surface area contributed by atoms with Crippen molar-refractivity contribution in [1.29, 1.82) is 0 Å². The Morgan fingerprint density at radius 1 is 1.37 bits per heavy atom. The SMILES string of the molecule is c1cnn(Cc2ccnc(N3CC4CC3CN4)c2)c1. The second-order valence-corrected chi connectivity index (χ2v) is 5.37. The minimum absolute atomic E-state index is 0.623. The van der Waals surface area contributed by atoms with Crippen LogP contribution in [0.4, 0.5) is 5.82 Å². The molecule has 5 heteroatoms. The van der Waals surface area contributed by atoms with E-state index in [9.17, 15) is 0 Å². The van der Waals surface area contributed by atoms with Crippen LogP contribution in [0.3, 0.4) is 0 Å². The van der Waals surface area contributed by atoms with E-state index in [4.69, 9.17) is 0 Å². The number of piperazine rings is 1. The summed E-state index contributed by atoms with van der Waals surface area (Å²) in [6.45, 7) is 2.99. The number of nitrogens with one attached hydrogen (secondary N) is 1. The Morgan fingerprint density at radius 3 is 3.11 bits per heavy atom. The van der Waals surface area contributed by atoms with E-state index in [-0.39, 0.29) is 0 Å². The fourth-order valence-electron chi connectivity index (χ4n) is 3.14. The third-order valence-electron chi connectivity index (χ3n) is 4.06. The molecule has 2 unspecified atom stereocenters. The molecule has 0 spiro atoms. The molecule has 2 atom stereocenters. The zero-order chi connectivity index (χ0) is 12.7. The molecule has 4 rings (SSSR count). The van der Waals surface area contributed by atoms with Gasteiger partial charge in [0.15, 0.2) is 0 Å². The smallest absolute Gasteiger partial charge is 0.129 e. The fourth-order valence-corrected chi connectivity index (χ4v) is 3.14. The van der Waals surface area contributed by atoms with Crippen molar-refractivity contribution in [2.45, 2.75) is 25.0 Å². The van der Waals surface area contributed by atoms with Gasteiger partial charge in [0.1, 0.15) is 5.82 Å². The second kappa shape index (κ2) is 4.35. The quantitative estimate of drug-likeness (QED) is 0.884. The minimum atomic E-state index is 0.623. The van der Waals surface area contributed by atoms with E-state index in [1.165, 1.54) is 12.0 Å². The highest BCUT2D eigenvalue weighted by molar-refractivity contribution is 5.45. The normalized spacial score (nSPS) is 25.2. The Bertz CT molecular complexity index is 565. The highest BCUT2D eigenvalue weighted by atomic mass is 15.3. The number of pyridine rings is 1. The van der Waals surface area contributed by atoms with Crippen molar-refractivity contribution >= 4 is 5.82 Å². The molecule has 2 aliphatic heterocycles. The summed E-state index contributed by atoms with van der Waals surface area (Å²) in [5, 5.41) is 7.77. The number of hydrogen-bond donors (Lipinski definition) is 1. The van der Waals surface area contributed by atoms with Crippen LogP contribution in [-0.2, 0) is 6.54 Å². The lowest BCUT2D eigenvalue weighted by atomic mass is 10.2. The molecule has 0 saturated carbocycles. The zero-order valence-electron chi connectivity index (χ0n) is 10.7. The molecule has 2 aliphatic rings. The number of aromatic nitrogens is 3. The number of rotatable bonds is 3. The highest BCUT2D eigenvalue weighted by Gasteiger charge is 2.38. The average Bonchev–Trinajstić information content (AvgIpc) is 3.16. The van der Waals surface area contributed by atoms with Crippen LogP contribution >= 0.6 is 0 Å². The van der Waals surface area contributed by atoms with Gasteiger partial charge in [0, 0.05) is 43.8 Å². The van der Waals surface area contributed by atoms with Crippen LogP contribution in [0.1, 0.15) is 12.0 Å². The molecule has 0 radical (unpaired) electrons. The lowest BCUT2D eigenvalue weighted by Crippen LogP contribution is -2.44. The van der Waals surface area contributed by atoms with Crippen molar-refractivity contribution in [3.63, 3.8) is 0 Å². The maximum absolute atomic E-state index is 4.54. The third-order valence-corrected chi connectivity index (χ3v) is 4.06. The average molecular weight is 255 g/mol. The largest absolute Gasteiger partial charge is 0.351 e. The predicted octanol–water partition coefficient (Wildman–Crippen LogP) is 0.877. The summed E-state index contributed by atoms with van der Waals surface area (Å²) in [7, 11) is 0. The molecule has 2 aromatic rings. The monoisotopic (exact) mass is 255 g/mol. The second-order valence-electron chi connectivity index (χ2n) is 5.37. The Morgan fingerprint density at radius 2 is 2.37 bits per heavy atom. The van der Waals surface area contributed by atoms with Crippen molar-refractivity contribution in [2.75, 3.05) is 18.0 Å². The molecule has 2 bridgehead atoms. The van der Waals surface area contributed by atoms with Gasteiger partial charge in [-0.2, -0.15) is 5.10 Å². The predicted molar refractivity (Wildman–Crippen MR) is 73.1 cm³/mol. The molecule has 4 heterocycles. The first-order valence-electron chi connectivity index (χ1n) is 6.81. The summed E-state index contributed by atoms with van der Waals surface area (Å²) in [5.41, 5.74) is 1.25. The van der Waals surface area contributed by atoms with Crippen LogP contribution in [0, 0.1) is 0 Å². The number of nitrogens with zero attached hydrogens (tertiary/aromatic N) is 4. The number of anilines is 1. The van der Waals surface area contributed by atoms with Crippen LogP contribution in [0.5, 0.6) is 0 Å². The summed E-state index contributed by atoms with van der Waals surface area (Å²) in [6, 6.07) is 7.49. The van der Waals surface area contributed by atoms with E-state index in [2.05, 4.69) is 32.4 Å². The van der Waals surface area contributed by atoms with Gasteiger partial charge in [-0.15, -0.1) is 0 Å². The molecule has 5 nitrogen and oxygen atoms in total. The van der Waals surface area contributed by atoms with Crippen LogP contribution in [0.25, 0.3) is 0 Å². The first-order valence-corrected chi connectivity index (χ1v) is 6.81. The maximum Gasteiger partial charge on any atom is 0.129 e. The van der Waals surface area contributed by atoms with Gasteiger partial charge in [0.05, 0.1) is 6.54 Å². The van der Waals surface area contributed by atoms with Gasteiger partial charge in [-0.05, 0) is 30.2 Å². The maximum atomic E-state index is 4.54. The van der Waals surface area contributed by atoms with Crippen molar-refractivity contribution in [1.82, 2.24) is 20.1 Å². The molecule has 1 N–H and O–H groups in total. The lowest BCUT2D eigenvalue weighted by molar-refractivity contribution is 0.576. The van der Waals surface area contributed by atoms with Gasteiger partial charge in [0.25, 0.3) is 0 Å². The molecule has 98 valence electrons. The Hall–Kier alpha value is -1.88. The van der Waals surface area contributed by atoms with Crippen molar-refractivity contribution in [3.8, 4) is 0 Å². The molecular formula is C14H17N5. The van der Waals surface area contributed by atoms with Gasteiger partial charge >= 0.3 is 0 Å². The molecule has 0 aromatic carbocycles. The van der Waals surface area contributed by atoms with Gasteiger partial charge in [0.2, 0.25) is 0 Å². The summed E-state index contributed by atoms with van der Waals surface area (Å²) in [6.07, 6.45) is 6.97. The van der Waals surface area contributed by atoms with E-state index >= 15 is 0 Å². The minimum Gasteiger partial charge on any atom is -0.351 e. The Labute approximate surface area is 112 Å². The van der Waals surface area contributed by atoms with Crippen molar-refractivity contribution < 1.29 is 0 Å². The van der Waals surface area contributed by atoms with Crippen LogP contribution in [-0.4, -0.2) is 39.9 Å². The Kier molecular flexibility index (Phi) is 2.51. The Balaban J connectivity index is 1.57. The lowest BCUT2D eigenvalue weighted by Gasteiger charge is -2.28. The summed E-state index contributed by atoms with van der Waals surface area (Å²) < 4.78 is 1.94. The van der Waals surface area contributed by atoms with E-state index < -0.39 is 0 Å². The van der Waals surface area contributed by atoms with E-state index in [1.54, 1.807) is 0 Å². The van der Waals surface area contributed by atoms with E-state index in [0.717, 1.165) is 25.5 Å². The summed E-state index contributed by atoms with van der Waals surface area (Å²) in [5.74, 6) is 1.11. The topological polar surface area (TPSA) is 46.0 Å². The van der Waals surface area contributed by atoms with Gasteiger partial charge in [-0.1, -0.05) is 0 Å². The summed E-state index contributed by atoms with van der Waals surface area (Å²) in [4.78, 5) is 6.98. The molecule has 2 saturated heterocycles. The van der Waals surface area contributed by atoms with Crippen LogP contribution in [0.15, 0.2) is 36.8 Å². The first kappa shape index (κ1) is 11.0. The number of hydrogen-bond acceptors (Lipinski definition) is 4. The van der Waals surface area contributed by atoms with Gasteiger partial charge in [-0.25, -0.2) is 4.98 Å². The first-order chi connectivity index (χ1) is 9.38. The van der Waals surface area contributed by atoms with Gasteiger partial charge in [-0.3, -0.25) is 4.68 Å². The molecule has 19 heavy (non-hydrogen) atoms. The molecule has 0 amide bonds. The third kappa shape index (κ3) is 2.00. The highest BCUT2D eigenvalue weighted by Crippen LogP contribution is 2.28. The molecule has 2 fully saturated rings. The van der Waals surface area contributed by atoms with Crippen LogP contribution < -0.4 is 10.2 Å².